The minimum atomic E-state index is -1.05. The molecule has 1 aliphatic heterocycles. The molecule has 0 amide bonds. The van der Waals surface area contributed by atoms with Crippen LogP contribution in [-0.2, 0) is 6.42 Å². The van der Waals surface area contributed by atoms with E-state index in [-0.39, 0.29) is 10.6 Å². The Labute approximate surface area is 142 Å². The second-order valence-electron chi connectivity index (χ2n) is 6.15. The zero-order chi connectivity index (χ0) is 17.0. The van der Waals surface area contributed by atoms with Gasteiger partial charge in [-0.1, -0.05) is 24.9 Å². The fourth-order valence-corrected chi connectivity index (χ4v) is 3.47. The molecule has 1 aromatic carbocycles. The van der Waals surface area contributed by atoms with Crippen molar-refractivity contribution in [3.63, 3.8) is 0 Å². The highest BCUT2D eigenvalue weighted by Gasteiger charge is 2.27. The number of benzene rings is 1. The SMILES string of the molecule is CCCCN1CCC(Cc2c(N)c(Cl)cc(C(=O)O)c2OC)C1. The number of ether oxygens (including phenoxy) is 1. The van der Waals surface area contributed by atoms with E-state index in [0.717, 1.165) is 31.6 Å². The molecule has 1 unspecified atom stereocenters. The minimum absolute atomic E-state index is 0.0718. The molecule has 1 fully saturated rings. The number of aromatic carboxylic acids is 1. The molecular formula is C17H25ClN2O3. The third-order valence-corrected chi connectivity index (χ3v) is 4.81. The summed E-state index contributed by atoms with van der Waals surface area (Å²) in [6, 6.07) is 1.36. The quantitative estimate of drug-likeness (QED) is 0.745. The summed E-state index contributed by atoms with van der Waals surface area (Å²) in [5.74, 6) is -0.268. The van der Waals surface area contributed by atoms with Crippen LogP contribution in [0.15, 0.2) is 6.07 Å². The van der Waals surface area contributed by atoms with Crippen molar-refractivity contribution < 1.29 is 14.6 Å². The molecule has 1 atom stereocenters. The predicted molar refractivity (Wildman–Crippen MR) is 92.5 cm³/mol. The summed E-state index contributed by atoms with van der Waals surface area (Å²) in [6.45, 7) is 5.41. The first-order valence-electron chi connectivity index (χ1n) is 8.08. The van der Waals surface area contributed by atoms with Crippen LogP contribution in [-0.4, -0.2) is 42.7 Å². The molecular weight excluding hydrogens is 316 g/mol. The number of nitrogens with zero attached hydrogens (tertiary/aromatic N) is 1. The molecule has 1 aromatic rings. The van der Waals surface area contributed by atoms with E-state index < -0.39 is 5.97 Å². The van der Waals surface area contributed by atoms with Gasteiger partial charge >= 0.3 is 5.97 Å². The van der Waals surface area contributed by atoms with E-state index in [1.165, 1.54) is 26.0 Å². The van der Waals surface area contributed by atoms with Crippen LogP contribution in [0.2, 0.25) is 5.02 Å². The van der Waals surface area contributed by atoms with Gasteiger partial charge < -0.3 is 20.5 Å². The average Bonchev–Trinajstić information content (AvgIpc) is 2.97. The van der Waals surface area contributed by atoms with Gasteiger partial charge in [-0.25, -0.2) is 4.79 Å². The lowest BCUT2D eigenvalue weighted by atomic mass is 9.94. The van der Waals surface area contributed by atoms with E-state index in [1.54, 1.807) is 0 Å². The van der Waals surface area contributed by atoms with Crippen LogP contribution >= 0.6 is 11.6 Å². The van der Waals surface area contributed by atoms with Gasteiger partial charge in [0.15, 0.2) is 0 Å². The first-order chi connectivity index (χ1) is 11.0. The van der Waals surface area contributed by atoms with Gasteiger partial charge in [0.25, 0.3) is 0 Å². The number of methoxy groups -OCH3 is 1. The zero-order valence-electron chi connectivity index (χ0n) is 13.8. The number of likely N-dealkylation sites (tertiary alicyclic amines) is 1. The van der Waals surface area contributed by atoms with E-state index >= 15 is 0 Å². The van der Waals surface area contributed by atoms with E-state index in [4.69, 9.17) is 22.1 Å². The average molecular weight is 341 g/mol. The van der Waals surface area contributed by atoms with E-state index in [2.05, 4.69) is 11.8 Å². The van der Waals surface area contributed by atoms with Crippen LogP contribution in [0.4, 0.5) is 5.69 Å². The predicted octanol–water partition coefficient (Wildman–Crippen LogP) is 3.29. The molecule has 1 heterocycles. The summed E-state index contributed by atoms with van der Waals surface area (Å²) in [5, 5.41) is 9.63. The molecule has 0 aromatic heterocycles. The van der Waals surface area contributed by atoms with Crippen LogP contribution in [0.25, 0.3) is 0 Å². The smallest absolute Gasteiger partial charge is 0.339 e. The van der Waals surface area contributed by atoms with Crippen LogP contribution in [0.1, 0.15) is 42.1 Å². The molecule has 0 bridgehead atoms. The fraction of sp³-hybridized carbons (Fsp3) is 0.588. The lowest BCUT2D eigenvalue weighted by molar-refractivity contribution is 0.0693. The summed E-state index contributed by atoms with van der Waals surface area (Å²) in [6.07, 6.45) is 4.18. The Balaban J connectivity index is 2.21. The van der Waals surface area contributed by atoms with Gasteiger partial charge in [0, 0.05) is 12.1 Å². The van der Waals surface area contributed by atoms with Crippen molar-refractivity contribution in [1.82, 2.24) is 4.90 Å². The molecule has 3 N–H and O–H groups in total. The van der Waals surface area contributed by atoms with Gasteiger partial charge in [0.1, 0.15) is 11.3 Å². The topological polar surface area (TPSA) is 75.8 Å². The Hall–Kier alpha value is -1.46. The van der Waals surface area contributed by atoms with Gasteiger partial charge in [-0.2, -0.15) is 0 Å². The molecule has 0 radical (unpaired) electrons. The molecule has 0 spiro atoms. The summed E-state index contributed by atoms with van der Waals surface area (Å²) in [4.78, 5) is 13.9. The zero-order valence-corrected chi connectivity index (χ0v) is 14.5. The van der Waals surface area contributed by atoms with E-state index in [9.17, 15) is 9.90 Å². The Kier molecular flexibility index (Phi) is 6.13. The van der Waals surface area contributed by atoms with Crippen molar-refractivity contribution in [2.24, 2.45) is 5.92 Å². The second-order valence-corrected chi connectivity index (χ2v) is 6.56. The molecule has 0 saturated carbocycles. The number of halogens is 1. The van der Waals surface area contributed by atoms with Crippen LogP contribution in [0.5, 0.6) is 5.75 Å². The van der Waals surface area contributed by atoms with Crippen LogP contribution in [0, 0.1) is 5.92 Å². The first kappa shape index (κ1) is 17.9. The van der Waals surface area contributed by atoms with E-state index in [1.807, 2.05) is 0 Å². The standard InChI is InChI=1S/C17H25ClN2O3/c1-3-4-6-20-7-5-11(10-20)8-12-15(19)14(18)9-13(17(21)22)16(12)23-2/h9,11H,3-8,10,19H2,1-2H3,(H,21,22). The number of unbranched alkanes of at least 4 members (excludes halogenated alkanes) is 1. The highest BCUT2D eigenvalue weighted by atomic mass is 35.5. The highest BCUT2D eigenvalue weighted by Crippen LogP contribution is 2.37. The third kappa shape index (κ3) is 4.09. The number of hydrogen-bond donors (Lipinski definition) is 2. The molecule has 2 rings (SSSR count). The van der Waals surface area contributed by atoms with Crippen molar-refractivity contribution in [2.75, 3.05) is 32.5 Å². The maximum absolute atomic E-state index is 11.4. The lowest BCUT2D eigenvalue weighted by Crippen LogP contribution is -2.22. The minimum Gasteiger partial charge on any atom is -0.495 e. The maximum atomic E-state index is 11.4. The Morgan fingerprint density at radius 3 is 2.91 bits per heavy atom. The molecule has 128 valence electrons. The normalized spacial score (nSPS) is 18.3. The second kappa shape index (κ2) is 7.88. The number of hydrogen-bond acceptors (Lipinski definition) is 4. The molecule has 1 aliphatic rings. The summed E-state index contributed by atoms with van der Waals surface area (Å²) in [7, 11) is 1.47. The van der Waals surface area contributed by atoms with Gasteiger partial charge in [0.2, 0.25) is 0 Å². The molecule has 5 nitrogen and oxygen atoms in total. The third-order valence-electron chi connectivity index (χ3n) is 4.50. The number of nitrogen functional groups attached to an aromatic ring is 1. The monoisotopic (exact) mass is 340 g/mol. The molecule has 0 aliphatic carbocycles. The van der Waals surface area contributed by atoms with Gasteiger partial charge in [0.05, 0.1) is 17.8 Å². The number of rotatable bonds is 7. The number of carboxylic acids is 1. The number of nitrogens with two attached hydrogens (primary N) is 1. The summed E-state index contributed by atoms with van der Waals surface area (Å²) >= 11 is 6.12. The van der Waals surface area contributed by atoms with Crippen molar-refractivity contribution >= 4 is 23.3 Å². The Morgan fingerprint density at radius 2 is 2.30 bits per heavy atom. The summed E-state index contributed by atoms with van der Waals surface area (Å²) in [5.41, 5.74) is 7.33. The van der Waals surface area contributed by atoms with Gasteiger partial charge in [-0.3, -0.25) is 0 Å². The first-order valence-corrected chi connectivity index (χ1v) is 8.46. The largest absolute Gasteiger partial charge is 0.495 e. The molecule has 1 saturated heterocycles. The van der Waals surface area contributed by atoms with Crippen molar-refractivity contribution in [3.8, 4) is 5.75 Å². The van der Waals surface area contributed by atoms with E-state index in [0.29, 0.717) is 23.8 Å². The van der Waals surface area contributed by atoms with Crippen LogP contribution < -0.4 is 10.5 Å². The van der Waals surface area contributed by atoms with Crippen molar-refractivity contribution in [1.29, 1.82) is 0 Å². The molecule has 6 heteroatoms. The summed E-state index contributed by atoms with van der Waals surface area (Å²) < 4.78 is 5.34. The fourth-order valence-electron chi connectivity index (χ4n) is 3.25. The van der Waals surface area contributed by atoms with Crippen molar-refractivity contribution in [3.05, 3.63) is 22.2 Å². The highest BCUT2D eigenvalue weighted by molar-refractivity contribution is 6.33. The van der Waals surface area contributed by atoms with Crippen LogP contribution in [0.3, 0.4) is 0 Å². The Bertz CT molecular complexity index is 577. The number of carbonyl (C=O) groups is 1. The van der Waals surface area contributed by atoms with Gasteiger partial charge in [-0.15, -0.1) is 0 Å². The lowest BCUT2D eigenvalue weighted by Gasteiger charge is -2.19. The van der Waals surface area contributed by atoms with Gasteiger partial charge in [-0.05, 0) is 44.3 Å². The maximum Gasteiger partial charge on any atom is 0.339 e. The number of carboxylic acid groups (broad SMARTS) is 1. The molecule has 23 heavy (non-hydrogen) atoms. The number of anilines is 1. The van der Waals surface area contributed by atoms with Crippen molar-refractivity contribution in [2.45, 2.75) is 32.6 Å². The Morgan fingerprint density at radius 1 is 1.57 bits per heavy atom.